The highest BCUT2D eigenvalue weighted by molar-refractivity contribution is 6.31. The first kappa shape index (κ1) is 16.5. The third-order valence-corrected chi connectivity index (χ3v) is 4.39. The van der Waals surface area contributed by atoms with Gasteiger partial charge in [-0.25, -0.2) is 0 Å². The van der Waals surface area contributed by atoms with Crippen LogP contribution in [0.2, 0.25) is 5.02 Å². The van der Waals surface area contributed by atoms with Gasteiger partial charge in [0.2, 0.25) is 5.91 Å². The van der Waals surface area contributed by atoms with E-state index in [0.717, 1.165) is 27.9 Å². The third-order valence-electron chi connectivity index (χ3n) is 4.02. The fourth-order valence-corrected chi connectivity index (χ4v) is 2.95. The molecule has 124 valence electrons. The van der Waals surface area contributed by atoms with Crippen LogP contribution in [0.4, 0.5) is 0 Å². The minimum atomic E-state index is 0.0258. The average Bonchev–Trinajstić information content (AvgIpc) is 2.97. The lowest BCUT2D eigenvalue weighted by Gasteiger charge is -2.07. The van der Waals surface area contributed by atoms with E-state index in [1.807, 2.05) is 41.2 Å². The molecule has 1 aromatic heterocycles. The first-order valence-electron chi connectivity index (χ1n) is 8.06. The molecular formula is C19H20ClN3O. The van der Waals surface area contributed by atoms with E-state index < -0.39 is 0 Å². The second kappa shape index (κ2) is 7.49. The van der Waals surface area contributed by atoms with Gasteiger partial charge in [0.1, 0.15) is 0 Å². The Morgan fingerprint density at radius 3 is 2.92 bits per heavy atom. The largest absolute Gasteiger partial charge is 0.356 e. The molecule has 1 N–H and O–H groups in total. The zero-order chi connectivity index (χ0) is 16.9. The Bertz CT molecular complexity index is 857. The van der Waals surface area contributed by atoms with Crippen LogP contribution in [0.25, 0.3) is 10.9 Å². The van der Waals surface area contributed by atoms with E-state index in [0.29, 0.717) is 19.5 Å². The van der Waals surface area contributed by atoms with Gasteiger partial charge in [-0.05, 0) is 37.1 Å². The Hall–Kier alpha value is -2.33. The standard InChI is InChI=1S/C19H20ClN3O/c1-14-6-7-18-16(12-14)13-22-23(18)11-9-19(24)21-10-8-15-4-2-3-5-17(15)20/h2-7,12-13H,8-11H2,1H3,(H,21,24). The molecule has 0 aliphatic heterocycles. The minimum Gasteiger partial charge on any atom is -0.356 e. The summed E-state index contributed by atoms with van der Waals surface area (Å²) in [4.78, 5) is 12.0. The number of benzene rings is 2. The molecule has 3 rings (SSSR count). The highest BCUT2D eigenvalue weighted by Crippen LogP contribution is 2.16. The number of hydrogen-bond acceptors (Lipinski definition) is 2. The van der Waals surface area contributed by atoms with Crippen LogP contribution in [0.3, 0.4) is 0 Å². The van der Waals surface area contributed by atoms with E-state index in [1.54, 1.807) is 0 Å². The summed E-state index contributed by atoms with van der Waals surface area (Å²) in [5.74, 6) is 0.0258. The van der Waals surface area contributed by atoms with E-state index in [9.17, 15) is 4.79 Å². The van der Waals surface area contributed by atoms with Crippen LogP contribution in [0, 0.1) is 6.92 Å². The SMILES string of the molecule is Cc1ccc2c(cnn2CCC(=O)NCCc2ccccc2Cl)c1. The predicted molar refractivity (Wildman–Crippen MR) is 97.3 cm³/mol. The van der Waals surface area contributed by atoms with Gasteiger partial charge in [0, 0.05) is 23.4 Å². The van der Waals surface area contributed by atoms with Crippen molar-refractivity contribution in [2.75, 3.05) is 6.54 Å². The van der Waals surface area contributed by atoms with Crippen molar-refractivity contribution in [3.63, 3.8) is 0 Å². The molecule has 0 bridgehead atoms. The topological polar surface area (TPSA) is 46.9 Å². The van der Waals surface area contributed by atoms with Crippen molar-refractivity contribution >= 4 is 28.4 Å². The average molecular weight is 342 g/mol. The highest BCUT2D eigenvalue weighted by atomic mass is 35.5. The maximum atomic E-state index is 12.0. The van der Waals surface area contributed by atoms with E-state index in [4.69, 9.17) is 11.6 Å². The lowest BCUT2D eigenvalue weighted by molar-refractivity contribution is -0.121. The molecule has 5 heteroatoms. The van der Waals surface area contributed by atoms with Gasteiger partial charge < -0.3 is 5.32 Å². The Labute approximate surface area is 146 Å². The van der Waals surface area contributed by atoms with Gasteiger partial charge >= 0.3 is 0 Å². The molecule has 0 fully saturated rings. The molecule has 0 aliphatic rings. The van der Waals surface area contributed by atoms with Crippen LogP contribution in [0.15, 0.2) is 48.7 Å². The summed E-state index contributed by atoms with van der Waals surface area (Å²) in [6.45, 7) is 3.22. The number of carbonyl (C=O) groups is 1. The molecule has 0 unspecified atom stereocenters. The van der Waals surface area contributed by atoms with Crippen molar-refractivity contribution in [1.29, 1.82) is 0 Å². The van der Waals surface area contributed by atoms with E-state index in [-0.39, 0.29) is 5.91 Å². The van der Waals surface area contributed by atoms with Crippen molar-refractivity contribution in [3.05, 3.63) is 64.8 Å². The maximum Gasteiger partial charge on any atom is 0.221 e. The third kappa shape index (κ3) is 3.95. The number of halogens is 1. The quantitative estimate of drug-likeness (QED) is 0.742. The van der Waals surface area contributed by atoms with Gasteiger partial charge in [-0.1, -0.05) is 41.4 Å². The second-order valence-corrected chi connectivity index (χ2v) is 6.28. The molecule has 0 spiro atoms. The number of fused-ring (bicyclic) bond motifs is 1. The summed E-state index contributed by atoms with van der Waals surface area (Å²) in [5, 5.41) is 9.15. The molecule has 1 amide bonds. The van der Waals surface area contributed by atoms with Gasteiger partial charge in [-0.15, -0.1) is 0 Å². The smallest absolute Gasteiger partial charge is 0.221 e. The molecule has 0 saturated carbocycles. The number of nitrogens with one attached hydrogen (secondary N) is 1. The fraction of sp³-hybridized carbons (Fsp3) is 0.263. The number of hydrogen-bond donors (Lipinski definition) is 1. The molecule has 1 heterocycles. The Morgan fingerprint density at radius 1 is 1.25 bits per heavy atom. The number of rotatable bonds is 6. The van der Waals surface area contributed by atoms with Crippen LogP contribution in [0.5, 0.6) is 0 Å². The zero-order valence-electron chi connectivity index (χ0n) is 13.6. The van der Waals surface area contributed by atoms with Crippen molar-refractivity contribution in [2.45, 2.75) is 26.3 Å². The summed E-state index contributed by atoms with van der Waals surface area (Å²) in [5.41, 5.74) is 3.32. The number of amides is 1. The summed E-state index contributed by atoms with van der Waals surface area (Å²) in [6, 6.07) is 13.9. The zero-order valence-corrected chi connectivity index (χ0v) is 14.4. The molecule has 24 heavy (non-hydrogen) atoms. The minimum absolute atomic E-state index is 0.0258. The fourth-order valence-electron chi connectivity index (χ4n) is 2.72. The van der Waals surface area contributed by atoms with E-state index >= 15 is 0 Å². The Balaban J connectivity index is 1.49. The van der Waals surface area contributed by atoms with Crippen LogP contribution in [0.1, 0.15) is 17.5 Å². The van der Waals surface area contributed by atoms with Gasteiger partial charge in [-0.2, -0.15) is 5.10 Å². The van der Waals surface area contributed by atoms with Crippen LogP contribution >= 0.6 is 11.6 Å². The molecule has 4 nitrogen and oxygen atoms in total. The predicted octanol–water partition coefficient (Wildman–Crippen LogP) is 3.75. The molecule has 3 aromatic rings. The molecule has 0 aliphatic carbocycles. The number of aromatic nitrogens is 2. The first-order valence-corrected chi connectivity index (χ1v) is 8.43. The summed E-state index contributed by atoms with van der Waals surface area (Å²) >= 11 is 6.11. The molecule has 0 atom stereocenters. The number of aryl methyl sites for hydroxylation is 2. The lowest BCUT2D eigenvalue weighted by Crippen LogP contribution is -2.26. The van der Waals surface area contributed by atoms with Crippen LogP contribution in [-0.4, -0.2) is 22.2 Å². The molecule has 0 radical (unpaired) electrons. The van der Waals surface area contributed by atoms with Crippen molar-refractivity contribution in [2.24, 2.45) is 0 Å². The maximum absolute atomic E-state index is 12.0. The molecule has 0 saturated heterocycles. The lowest BCUT2D eigenvalue weighted by atomic mass is 10.1. The second-order valence-electron chi connectivity index (χ2n) is 5.87. The van der Waals surface area contributed by atoms with Gasteiger partial charge in [0.15, 0.2) is 0 Å². The van der Waals surface area contributed by atoms with Crippen LogP contribution < -0.4 is 5.32 Å². The first-order chi connectivity index (χ1) is 11.6. The van der Waals surface area contributed by atoms with Gasteiger partial charge in [0.25, 0.3) is 0 Å². The van der Waals surface area contributed by atoms with Crippen molar-refractivity contribution < 1.29 is 4.79 Å². The van der Waals surface area contributed by atoms with Crippen LogP contribution in [-0.2, 0) is 17.8 Å². The normalized spacial score (nSPS) is 10.9. The molecular weight excluding hydrogens is 322 g/mol. The van der Waals surface area contributed by atoms with Gasteiger partial charge in [-0.3, -0.25) is 9.48 Å². The summed E-state index contributed by atoms with van der Waals surface area (Å²) in [7, 11) is 0. The molecule has 2 aromatic carbocycles. The monoisotopic (exact) mass is 341 g/mol. The Morgan fingerprint density at radius 2 is 2.08 bits per heavy atom. The van der Waals surface area contributed by atoms with Gasteiger partial charge in [0.05, 0.1) is 18.3 Å². The summed E-state index contributed by atoms with van der Waals surface area (Å²) in [6.07, 6.45) is 2.99. The van der Waals surface area contributed by atoms with E-state index in [1.165, 1.54) is 5.56 Å². The van der Waals surface area contributed by atoms with Crippen molar-refractivity contribution in [1.82, 2.24) is 15.1 Å². The number of carbonyl (C=O) groups excluding carboxylic acids is 1. The van der Waals surface area contributed by atoms with Crippen molar-refractivity contribution in [3.8, 4) is 0 Å². The van der Waals surface area contributed by atoms with E-state index in [2.05, 4.69) is 29.5 Å². The Kier molecular flexibility index (Phi) is 5.16. The highest BCUT2D eigenvalue weighted by Gasteiger charge is 2.06. The summed E-state index contributed by atoms with van der Waals surface area (Å²) < 4.78 is 1.88. The number of nitrogens with zero attached hydrogens (tertiary/aromatic N) is 2.